The van der Waals surface area contributed by atoms with E-state index in [1.54, 1.807) is 6.07 Å². The van der Waals surface area contributed by atoms with E-state index in [2.05, 4.69) is 15.6 Å². The molecule has 1 heterocycles. The third-order valence-corrected chi connectivity index (χ3v) is 3.64. The van der Waals surface area contributed by atoms with Gasteiger partial charge in [-0.25, -0.2) is 9.18 Å². The molecule has 1 aromatic heterocycles. The number of hydrogen-bond acceptors (Lipinski definition) is 2. The van der Waals surface area contributed by atoms with Crippen LogP contribution < -0.4 is 10.6 Å². The summed E-state index contributed by atoms with van der Waals surface area (Å²) in [5.74, 6) is -0.0188. The number of benzene rings is 1. The summed E-state index contributed by atoms with van der Waals surface area (Å²) in [6.07, 6.45) is 3.18. The van der Waals surface area contributed by atoms with Crippen LogP contribution in [-0.2, 0) is 6.42 Å². The van der Waals surface area contributed by atoms with Gasteiger partial charge in [0.05, 0.1) is 0 Å². The van der Waals surface area contributed by atoms with Crippen molar-refractivity contribution >= 4 is 16.9 Å². The van der Waals surface area contributed by atoms with Crippen molar-refractivity contribution in [1.29, 1.82) is 0 Å². The number of fused-ring (bicyclic) bond motifs is 1. The molecule has 0 aliphatic carbocycles. The first-order chi connectivity index (χ1) is 10.6. The van der Waals surface area contributed by atoms with Gasteiger partial charge in [0, 0.05) is 36.8 Å². The van der Waals surface area contributed by atoms with Crippen LogP contribution in [0, 0.1) is 11.7 Å². The normalized spacial score (nSPS) is 12.3. The van der Waals surface area contributed by atoms with Gasteiger partial charge >= 0.3 is 6.03 Å². The van der Waals surface area contributed by atoms with E-state index in [-0.39, 0.29) is 24.4 Å². The van der Waals surface area contributed by atoms with Gasteiger partial charge in [0.15, 0.2) is 0 Å². The van der Waals surface area contributed by atoms with Crippen molar-refractivity contribution in [3.05, 3.63) is 35.8 Å². The minimum atomic E-state index is -0.268. The first kappa shape index (κ1) is 16.3. The summed E-state index contributed by atoms with van der Waals surface area (Å²) >= 11 is 0. The molecule has 2 amide bonds. The molecule has 120 valence electrons. The summed E-state index contributed by atoms with van der Waals surface area (Å²) in [4.78, 5) is 14.7. The Labute approximate surface area is 128 Å². The maximum absolute atomic E-state index is 13.1. The van der Waals surface area contributed by atoms with Crippen LogP contribution in [0.4, 0.5) is 9.18 Å². The first-order valence-electron chi connectivity index (χ1n) is 7.48. The highest BCUT2D eigenvalue weighted by Crippen LogP contribution is 2.19. The van der Waals surface area contributed by atoms with Crippen LogP contribution in [0.2, 0.25) is 0 Å². The number of aromatic amines is 1. The minimum Gasteiger partial charge on any atom is -0.396 e. The topological polar surface area (TPSA) is 77.2 Å². The van der Waals surface area contributed by atoms with Gasteiger partial charge in [0.2, 0.25) is 0 Å². The summed E-state index contributed by atoms with van der Waals surface area (Å²) in [6.45, 7) is 3.15. The number of nitrogens with one attached hydrogen (secondary N) is 3. The Hall–Kier alpha value is -2.08. The van der Waals surface area contributed by atoms with E-state index in [1.807, 2.05) is 13.1 Å². The number of H-pyrrole nitrogens is 1. The van der Waals surface area contributed by atoms with Crippen molar-refractivity contribution < 1.29 is 14.3 Å². The summed E-state index contributed by atoms with van der Waals surface area (Å²) in [7, 11) is 0. The van der Waals surface area contributed by atoms with Gasteiger partial charge < -0.3 is 20.7 Å². The molecule has 0 bridgehead atoms. The van der Waals surface area contributed by atoms with Crippen LogP contribution in [0.1, 0.15) is 18.9 Å². The molecule has 6 heteroatoms. The Morgan fingerprint density at radius 1 is 1.41 bits per heavy atom. The molecule has 22 heavy (non-hydrogen) atoms. The Morgan fingerprint density at radius 2 is 2.23 bits per heavy atom. The smallest absolute Gasteiger partial charge is 0.314 e. The van der Waals surface area contributed by atoms with E-state index in [0.29, 0.717) is 25.9 Å². The number of carbonyl (C=O) groups excluding carboxylic acids is 1. The number of aliphatic hydroxyl groups excluding tert-OH is 1. The van der Waals surface area contributed by atoms with Crippen LogP contribution in [-0.4, -0.2) is 35.8 Å². The molecule has 0 spiro atoms. The second kappa shape index (κ2) is 7.79. The fraction of sp³-hybridized carbons (Fsp3) is 0.438. The summed E-state index contributed by atoms with van der Waals surface area (Å²) in [5, 5.41) is 15.3. The molecule has 1 unspecified atom stereocenters. The van der Waals surface area contributed by atoms with E-state index in [4.69, 9.17) is 5.11 Å². The maximum Gasteiger partial charge on any atom is 0.314 e. The predicted molar refractivity (Wildman–Crippen MR) is 84.2 cm³/mol. The van der Waals surface area contributed by atoms with E-state index in [1.165, 1.54) is 12.1 Å². The van der Waals surface area contributed by atoms with E-state index >= 15 is 0 Å². The number of amides is 2. The molecule has 0 saturated heterocycles. The van der Waals surface area contributed by atoms with Gasteiger partial charge in [-0.2, -0.15) is 0 Å². The standard InChI is InChI=1S/C16H22FN3O2/c1-11(5-7-21)9-20-16(22)18-6-4-12-10-19-15-8-13(17)2-3-14(12)15/h2-3,8,10-11,19,21H,4-7,9H2,1H3,(H2,18,20,22). The molecule has 2 rings (SSSR count). The van der Waals surface area contributed by atoms with E-state index < -0.39 is 0 Å². The Bertz CT molecular complexity index is 627. The predicted octanol–water partition coefficient (Wildman–Crippen LogP) is 2.17. The molecule has 0 saturated carbocycles. The fourth-order valence-electron chi connectivity index (χ4n) is 2.33. The van der Waals surface area contributed by atoms with Crippen molar-refractivity contribution in [3.8, 4) is 0 Å². The number of carbonyl (C=O) groups is 1. The average Bonchev–Trinajstić information content (AvgIpc) is 2.88. The minimum absolute atomic E-state index is 0.131. The first-order valence-corrected chi connectivity index (χ1v) is 7.48. The Balaban J connectivity index is 1.77. The van der Waals surface area contributed by atoms with Gasteiger partial charge in [-0.15, -0.1) is 0 Å². The summed E-state index contributed by atoms with van der Waals surface area (Å²) in [5.41, 5.74) is 1.81. The number of aliphatic hydroxyl groups is 1. The molecular weight excluding hydrogens is 285 g/mol. The molecule has 1 aromatic carbocycles. The van der Waals surface area contributed by atoms with Crippen LogP contribution in [0.15, 0.2) is 24.4 Å². The SMILES string of the molecule is CC(CCO)CNC(=O)NCCc1c[nH]c2cc(F)ccc12. The monoisotopic (exact) mass is 307 g/mol. The lowest BCUT2D eigenvalue weighted by molar-refractivity contribution is 0.234. The van der Waals surface area contributed by atoms with E-state index in [9.17, 15) is 9.18 Å². The summed E-state index contributed by atoms with van der Waals surface area (Å²) in [6, 6.07) is 4.42. The number of halogens is 1. The van der Waals surface area contributed by atoms with Gasteiger partial charge in [-0.1, -0.05) is 6.92 Å². The second-order valence-electron chi connectivity index (χ2n) is 5.51. The molecule has 5 nitrogen and oxygen atoms in total. The molecular formula is C16H22FN3O2. The van der Waals surface area contributed by atoms with Crippen molar-refractivity contribution in [2.45, 2.75) is 19.8 Å². The van der Waals surface area contributed by atoms with Gasteiger partial charge in [0.1, 0.15) is 5.82 Å². The highest BCUT2D eigenvalue weighted by Gasteiger charge is 2.07. The Morgan fingerprint density at radius 3 is 3.00 bits per heavy atom. The lowest BCUT2D eigenvalue weighted by atomic mass is 10.1. The average molecular weight is 307 g/mol. The number of hydrogen-bond donors (Lipinski definition) is 4. The van der Waals surface area contributed by atoms with Gasteiger partial charge in [-0.05, 0) is 42.5 Å². The van der Waals surface area contributed by atoms with E-state index in [0.717, 1.165) is 16.5 Å². The van der Waals surface area contributed by atoms with Crippen molar-refractivity contribution in [2.75, 3.05) is 19.7 Å². The third-order valence-electron chi connectivity index (χ3n) is 3.64. The lowest BCUT2D eigenvalue weighted by Crippen LogP contribution is -2.38. The van der Waals surface area contributed by atoms with Crippen molar-refractivity contribution in [3.63, 3.8) is 0 Å². The number of aromatic nitrogens is 1. The fourth-order valence-corrected chi connectivity index (χ4v) is 2.33. The Kier molecular flexibility index (Phi) is 5.77. The third kappa shape index (κ3) is 4.46. The molecule has 0 aliphatic heterocycles. The zero-order valence-corrected chi connectivity index (χ0v) is 12.7. The number of urea groups is 1. The van der Waals surface area contributed by atoms with Gasteiger partial charge in [-0.3, -0.25) is 0 Å². The van der Waals surface area contributed by atoms with Crippen molar-refractivity contribution in [1.82, 2.24) is 15.6 Å². The highest BCUT2D eigenvalue weighted by molar-refractivity contribution is 5.83. The molecule has 0 fully saturated rings. The van der Waals surface area contributed by atoms with Crippen LogP contribution in [0.5, 0.6) is 0 Å². The lowest BCUT2D eigenvalue weighted by Gasteiger charge is -2.11. The van der Waals surface area contributed by atoms with Crippen molar-refractivity contribution in [2.24, 2.45) is 5.92 Å². The molecule has 0 radical (unpaired) electrons. The highest BCUT2D eigenvalue weighted by atomic mass is 19.1. The molecule has 1 atom stereocenters. The zero-order chi connectivity index (χ0) is 15.9. The number of rotatable bonds is 7. The zero-order valence-electron chi connectivity index (χ0n) is 12.7. The largest absolute Gasteiger partial charge is 0.396 e. The van der Waals surface area contributed by atoms with Crippen LogP contribution in [0.25, 0.3) is 10.9 Å². The summed E-state index contributed by atoms with van der Waals surface area (Å²) < 4.78 is 13.1. The van der Waals surface area contributed by atoms with Crippen LogP contribution >= 0.6 is 0 Å². The molecule has 0 aliphatic rings. The quantitative estimate of drug-likeness (QED) is 0.633. The molecule has 2 aromatic rings. The maximum atomic E-state index is 13.1. The second-order valence-corrected chi connectivity index (χ2v) is 5.51. The van der Waals surface area contributed by atoms with Crippen LogP contribution in [0.3, 0.4) is 0 Å². The van der Waals surface area contributed by atoms with Gasteiger partial charge in [0.25, 0.3) is 0 Å². The molecule has 4 N–H and O–H groups in total.